The lowest BCUT2D eigenvalue weighted by molar-refractivity contribution is -0.138. The maximum Gasteiger partial charge on any atom is 0.338 e. The van der Waals surface area contributed by atoms with Crippen LogP contribution in [0.15, 0.2) is 77.6 Å². The van der Waals surface area contributed by atoms with Gasteiger partial charge in [0.1, 0.15) is 24.2 Å². The smallest absolute Gasteiger partial charge is 0.338 e. The van der Waals surface area contributed by atoms with Crippen LogP contribution in [0.25, 0.3) is 0 Å². The Hall–Kier alpha value is -3.59. The summed E-state index contributed by atoms with van der Waals surface area (Å²) in [6.07, 6.45) is 6.08. The second-order valence-corrected chi connectivity index (χ2v) is 9.92. The molecule has 0 spiro atoms. The Balaban J connectivity index is 1.59. The number of nitrogens with zero attached hydrogens (tertiary/aromatic N) is 3. The molecule has 9 heteroatoms. The van der Waals surface area contributed by atoms with E-state index < -0.39 is 12.0 Å². The monoisotopic (exact) mass is 536 g/mol. The Bertz CT molecular complexity index is 1290. The minimum atomic E-state index is -0.558. The molecule has 3 aromatic rings. The average Bonchev–Trinajstić information content (AvgIpc) is 3.33. The number of aromatic nitrogens is 3. The molecule has 1 N–H and O–H groups in total. The number of carbonyl (C=O) groups excluding carboxylic acids is 1. The minimum Gasteiger partial charge on any atom is -0.494 e. The van der Waals surface area contributed by atoms with Gasteiger partial charge in [-0.05, 0) is 42.7 Å². The Morgan fingerprint density at radius 1 is 1.18 bits per heavy atom. The molecule has 200 valence electrons. The molecule has 0 amide bonds. The van der Waals surface area contributed by atoms with Crippen molar-refractivity contribution in [2.45, 2.75) is 56.5 Å². The summed E-state index contributed by atoms with van der Waals surface area (Å²) in [5.74, 6) is 0.928. The molecule has 1 atom stereocenters. The number of carbonyl (C=O) groups is 1. The topological polar surface area (TPSA) is 78.3 Å². The summed E-state index contributed by atoms with van der Waals surface area (Å²) in [6.45, 7) is 8.40. The number of fused-ring (bicyclic) bond motifs is 1. The fraction of sp³-hybridized carbons (Fsp3) is 0.345. The Labute approximate surface area is 227 Å². The van der Waals surface area contributed by atoms with E-state index in [4.69, 9.17) is 14.6 Å². The first-order chi connectivity index (χ1) is 18.5. The van der Waals surface area contributed by atoms with Gasteiger partial charge in [0, 0.05) is 11.4 Å². The number of esters is 1. The van der Waals surface area contributed by atoms with E-state index in [-0.39, 0.29) is 12.4 Å². The van der Waals surface area contributed by atoms with Crippen LogP contribution in [0.4, 0.5) is 10.3 Å². The highest BCUT2D eigenvalue weighted by Crippen LogP contribution is 2.37. The molecule has 1 aliphatic heterocycles. The summed E-state index contributed by atoms with van der Waals surface area (Å²) in [7, 11) is 0. The van der Waals surface area contributed by atoms with Crippen molar-refractivity contribution < 1.29 is 18.7 Å². The molecule has 0 saturated carbocycles. The van der Waals surface area contributed by atoms with Crippen LogP contribution in [0.3, 0.4) is 0 Å². The van der Waals surface area contributed by atoms with Gasteiger partial charge in [-0.15, -0.1) is 5.10 Å². The fourth-order valence-electron chi connectivity index (χ4n) is 4.20. The number of hydrogen-bond donors (Lipinski definition) is 1. The first-order valence-electron chi connectivity index (χ1n) is 12.8. The maximum absolute atomic E-state index is 14.1. The van der Waals surface area contributed by atoms with Crippen molar-refractivity contribution in [2.75, 3.05) is 18.5 Å². The third-order valence-electron chi connectivity index (χ3n) is 6.16. The highest BCUT2D eigenvalue weighted by Gasteiger charge is 2.35. The number of unbranched alkanes of at least 4 members (excludes halogenated alkanes) is 3. The van der Waals surface area contributed by atoms with E-state index in [1.165, 1.54) is 36.7 Å². The lowest BCUT2D eigenvalue weighted by atomic mass is 9.96. The molecule has 2 aromatic carbocycles. The number of ether oxygens (including phenoxy) is 2. The molecule has 0 fully saturated rings. The second kappa shape index (κ2) is 13.3. The van der Waals surface area contributed by atoms with Crippen molar-refractivity contribution in [3.05, 3.63) is 89.4 Å². The molecular weight excluding hydrogens is 503 g/mol. The van der Waals surface area contributed by atoms with Crippen molar-refractivity contribution in [2.24, 2.45) is 0 Å². The number of halogens is 1. The van der Waals surface area contributed by atoms with Crippen molar-refractivity contribution in [3.63, 3.8) is 0 Å². The number of hydrogen-bond acceptors (Lipinski definition) is 7. The Morgan fingerprint density at radius 2 is 1.97 bits per heavy atom. The van der Waals surface area contributed by atoms with Crippen LogP contribution in [0.5, 0.6) is 5.75 Å². The molecule has 7 nitrogen and oxygen atoms in total. The van der Waals surface area contributed by atoms with E-state index in [9.17, 15) is 9.18 Å². The van der Waals surface area contributed by atoms with Gasteiger partial charge >= 0.3 is 5.97 Å². The van der Waals surface area contributed by atoms with Crippen LogP contribution >= 0.6 is 11.8 Å². The molecule has 2 heterocycles. The van der Waals surface area contributed by atoms with Gasteiger partial charge in [-0.2, -0.15) is 4.98 Å². The highest BCUT2D eigenvalue weighted by molar-refractivity contribution is 7.98. The maximum atomic E-state index is 14.1. The molecule has 1 aromatic heterocycles. The van der Waals surface area contributed by atoms with E-state index in [2.05, 4.69) is 23.8 Å². The van der Waals surface area contributed by atoms with Gasteiger partial charge in [-0.25, -0.2) is 13.9 Å². The number of benzene rings is 2. The molecule has 38 heavy (non-hydrogen) atoms. The fourth-order valence-corrected chi connectivity index (χ4v) is 5.02. The molecule has 0 bridgehead atoms. The average molecular weight is 537 g/mol. The molecule has 0 radical (unpaired) electrons. The number of nitrogens with one attached hydrogen (secondary N) is 1. The molecule has 1 aliphatic rings. The third-order valence-corrected chi connectivity index (χ3v) is 7.05. The van der Waals surface area contributed by atoms with Crippen LogP contribution in [0.2, 0.25) is 0 Å². The van der Waals surface area contributed by atoms with Crippen molar-refractivity contribution in [3.8, 4) is 5.75 Å². The van der Waals surface area contributed by atoms with Gasteiger partial charge in [0.25, 0.3) is 0 Å². The third kappa shape index (κ3) is 6.64. The molecule has 0 saturated heterocycles. The summed E-state index contributed by atoms with van der Waals surface area (Å²) in [5, 5.41) is 8.35. The first kappa shape index (κ1) is 27.4. The lowest BCUT2D eigenvalue weighted by Gasteiger charge is -2.28. The van der Waals surface area contributed by atoms with E-state index in [0.717, 1.165) is 24.2 Å². The summed E-state index contributed by atoms with van der Waals surface area (Å²) in [5.41, 5.74) is 2.48. The Morgan fingerprint density at radius 3 is 2.71 bits per heavy atom. The van der Waals surface area contributed by atoms with Crippen molar-refractivity contribution in [1.82, 2.24) is 14.8 Å². The van der Waals surface area contributed by atoms with Gasteiger partial charge in [-0.3, -0.25) is 0 Å². The second-order valence-electron chi connectivity index (χ2n) is 8.97. The zero-order chi connectivity index (χ0) is 26.9. The van der Waals surface area contributed by atoms with E-state index in [1.54, 1.807) is 22.9 Å². The van der Waals surface area contributed by atoms with Crippen molar-refractivity contribution >= 4 is 23.7 Å². The molecule has 1 unspecified atom stereocenters. The number of allylic oxidation sites excluding steroid dienone is 1. The normalized spacial score (nSPS) is 14.6. The summed E-state index contributed by atoms with van der Waals surface area (Å²) >= 11 is 1.33. The van der Waals surface area contributed by atoms with Gasteiger partial charge in [0.05, 0.1) is 12.2 Å². The first-order valence-corrected chi connectivity index (χ1v) is 13.8. The molecule has 0 aliphatic carbocycles. The highest BCUT2D eigenvalue weighted by atomic mass is 32.2. The zero-order valence-electron chi connectivity index (χ0n) is 21.8. The van der Waals surface area contributed by atoms with Gasteiger partial charge in [0.2, 0.25) is 11.1 Å². The minimum absolute atomic E-state index is 0.0983. The number of thioether (sulfide) groups is 1. The number of rotatable bonds is 13. The molecule has 4 rings (SSSR count). The van der Waals surface area contributed by atoms with Crippen LogP contribution in [-0.2, 0) is 15.3 Å². The molecular formula is C29H33FN4O3S. The predicted molar refractivity (Wildman–Crippen MR) is 148 cm³/mol. The lowest BCUT2D eigenvalue weighted by Crippen LogP contribution is -2.29. The van der Waals surface area contributed by atoms with Crippen LogP contribution in [0, 0.1) is 5.82 Å². The zero-order valence-corrected chi connectivity index (χ0v) is 22.6. The van der Waals surface area contributed by atoms with Gasteiger partial charge in [0.15, 0.2) is 0 Å². The summed E-state index contributed by atoms with van der Waals surface area (Å²) in [6, 6.07) is 13.8. The van der Waals surface area contributed by atoms with Crippen LogP contribution < -0.4 is 10.1 Å². The van der Waals surface area contributed by atoms with Gasteiger partial charge < -0.3 is 14.8 Å². The van der Waals surface area contributed by atoms with Crippen LogP contribution in [0.1, 0.15) is 56.7 Å². The SMILES string of the molecule is C=CCOC(=O)C1=C(C)Nc2nc(SCc3ccccc3F)nn2C1c1ccc(OCCCCCC)cc1. The standard InChI is InChI=1S/C29H33FN4O3S/c1-4-6-7-10-18-36-23-15-13-21(14-16-23)26-25(27(35)37-17-5-2)20(3)31-28-32-29(33-34(26)28)38-19-22-11-8-9-12-24(22)30/h5,8-9,11-16,26H,2,4,6-7,10,17-19H2,1,3H3,(H,31,32,33). The summed E-state index contributed by atoms with van der Waals surface area (Å²) in [4.78, 5) is 17.7. The number of anilines is 1. The van der Waals surface area contributed by atoms with E-state index in [0.29, 0.717) is 40.3 Å². The van der Waals surface area contributed by atoms with E-state index >= 15 is 0 Å². The van der Waals surface area contributed by atoms with Crippen LogP contribution in [-0.4, -0.2) is 33.9 Å². The quantitative estimate of drug-likeness (QED) is 0.113. The summed E-state index contributed by atoms with van der Waals surface area (Å²) < 4.78 is 27.1. The predicted octanol–water partition coefficient (Wildman–Crippen LogP) is 6.69. The van der Waals surface area contributed by atoms with E-state index in [1.807, 2.05) is 31.2 Å². The van der Waals surface area contributed by atoms with Gasteiger partial charge in [-0.1, -0.05) is 80.9 Å². The Kier molecular flexibility index (Phi) is 9.59. The largest absolute Gasteiger partial charge is 0.494 e. The van der Waals surface area contributed by atoms with Crippen molar-refractivity contribution in [1.29, 1.82) is 0 Å².